The third-order valence-corrected chi connectivity index (χ3v) is 8.69. The van der Waals surface area contributed by atoms with Gasteiger partial charge in [-0.05, 0) is 80.5 Å². The number of nitrogens with zero attached hydrogens (tertiary/aromatic N) is 3. The van der Waals surface area contributed by atoms with Crippen LogP contribution in [0.2, 0.25) is 0 Å². The minimum Gasteiger partial charge on any atom is -0.491 e. The number of halogens is 1. The van der Waals surface area contributed by atoms with Crippen molar-refractivity contribution in [2.75, 3.05) is 62.8 Å². The van der Waals surface area contributed by atoms with E-state index in [1.54, 1.807) is 12.0 Å². The summed E-state index contributed by atoms with van der Waals surface area (Å²) in [6, 6.07) is 11.3. The van der Waals surface area contributed by atoms with Gasteiger partial charge < -0.3 is 24.0 Å². The lowest BCUT2D eigenvalue weighted by molar-refractivity contribution is 0.0301. The van der Waals surface area contributed by atoms with Gasteiger partial charge in [-0.15, -0.1) is 0 Å². The zero-order valence-corrected chi connectivity index (χ0v) is 22.2. The molecule has 0 bridgehead atoms. The predicted octanol–water partition coefficient (Wildman–Crippen LogP) is 4.28. The zero-order valence-electron chi connectivity index (χ0n) is 22.2. The normalized spacial score (nSPS) is 24.7. The van der Waals surface area contributed by atoms with Crippen LogP contribution in [0.5, 0.6) is 5.75 Å². The summed E-state index contributed by atoms with van der Waals surface area (Å²) in [6.07, 6.45) is 6.50. The van der Waals surface area contributed by atoms with Gasteiger partial charge in [-0.1, -0.05) is 0 Å². The molecule has 4 heterocycles. The van der Waals surface area contributed by atoms with Gasteiger partial charge in [-0.2, -0.15) is 0 Å². The summed E-state index contributed by atoms with van der Waals surface area (Å²) in [5, 5.41) is 0. The molecule has 0 N–H and O–H groups in total. The van der Waals surface area contributed by atoms with Crippen molar-refractivity contribution >= 4 is 17.3 Å². The maximum atomic E-state index is 15.4. The van der Waals surface area contributed by atoms with Crippen LogP contribution >= 0.6 is 0 Å². The molecule has 8 heteroatoms. The molecule has 0 aliphatic carbocycles. The highest BCUT2D eigenvalue weighted by Crippen LogP contribution is 2.33. The van der Waals surface area contributed by atoms with Crippen molar-refractivity contribution in [2.45, 2.75) is 56.8 Å². The Morgan fingerprint density at radius 1 is 1.03 bits per heavy atom. The molecule has 2 aromatic carbocycles. The van der Waals surface area contributed by atoms with Crippen molar-refractivity contribution < 1.29 is 23.4 Å². The van der Waals surface area contributed by atoms with Crippen LogP contribution in [0.1, 0.15) is 48.0 Å². The molecule has 7 nitrogen and oxygen atoms in total. The number of amides is 1. The monoisotopic (exact) mass is 523 g/mol. The standard InChI is InChI=1S/C30H38FN3O4/c1-36-24-10-13-32(14-11-24)23-9-12-33(19-23)29-7-4-22(18-28(29)31)34-15-8-21-17-25(5-6-27(21)30(34)35)38-20-26-3-2-16-37-26/h4-7,17-18,23-24,26H,2-3,8-16,19-20H2,1H3/t23?,26-/m0/s1. The molecule has 0 spiro atoms. The van der Waals surface area contributed by atoms with Crippen LogP contribution in [0.15, 0.2) is 36.4 Å². The summed E-state index contributed by atoms with van der Waals surface area (Å²) in [6.45, 7) is 5.62. The number of fused-ring (bicyclic) bond motifs is 1. The minimum atomic E-state index is -0.266. The SMILES string of the molecule is COC1CCN(C2CCN(c3ccc(N4CCc5cc(OC[C@@H]6CCCO6)ccc5C4=O)cc3F)C2)CC1. The molecule has 204 valence electrons. The summed E-state index contributed by atoms with van der Waals surface area (Å²) < 4.78 is 32.4. The summed E-state index contributed by atoms with van der Waals surface area (Å²) in [4.78, 5) is 19.7. The fourth-order valence-corrected chi connectivity index (χ4v) is 6.42. The first-order chi connectivity index (χ1) is 18.6. The number of ether oxygens (including phenoxy) is 3. The summed E-state index contributed by atoms with van der Waals surface area (Å²) in [7, 11) is 1.79. The van der Waals surface area contributed by atoms with Crippen molar-refractivity contribution in [1.29, 1.82) is 0 Å². The van der Waals surface area contributed by atoms with Crippen LogP contribution in [-0.2, 0) is 15.9 Å². The highest BCUT2D eigenvalue weighted by molar-refractivity contribution is 6.08. The molecule has 38 heavy (non-hydrogen) atoms. The lowest BCUT2D eigenvalue weighted by Crippen LogP contribution is -2.44. The number of hydrogen-bond acceptors (Lipinski definition) is 6. The number of benzene rings is 2. The van der Waals surface area contributed by atoms with Gasteiger partial charge in [0.1, 0.15) is 18.2 Å². The lowest BCUT2D eigenvalue weighted by Gasteiger charge is -2.35. The van der Waals surface area contributed by atoms with E-state index < -0.39 is 0 Å². The molecule has 0 radical (unpaired) electrons. The van der Waals surface area contributed by atoms with E-state index in [-0.39, 0.29) is 17.8 Å². The van der Waals surface area contributed by atoms with Crippen molar-refractivity contribution in [3.05, 3.63) is 53.3 Å². The molecule has 0 saturated carbocycles. The maximum absolute atomic E-state index is 15.4. The molecule has 6 rings (SSSR count). The van der Waals surface area contributed by atoms with Crippen molar-refractivity contribution in [3.8, 4) is 5.75 Å². The van der Waals surface area contributed by atoms with Crippen LogP contribution in [0.25, 0.3) is 0 Å². The van der Waals surface area contributed by atoms with E-state index in [0.717, 1.165) is 76.2 Å². The molecule has 1 amide bonds. The van der Waals surface area contributed by atoms with E-state index in [9.17, 15) is 4.79 Å². The van der Waals surface area contributed by atoms with Gasteiger partial charge in [0.15, 0.2) is 0 Å². The Labute approximate surface area is 224 Å². The number of likely N-dealkylation sites (tertiary alicyclic amines) is 1. The number of piperidine rings is 1. The van der Waals surface area contributed by atoms with E-state index in [4.69, 9.17) is 14.2 Å². The van der Waals surface area contributed by atoms with Gasteiger partial charge in [0.25, 0.3) is 5.91 Å². The van der Waals surface area contributed by atoms with E-state index in [1.807, 2.05) is 30.3 Å². The first-order valence-corrected chi connectivity index (χ1v) is 14.1. The van der Waals surface area contributed by atoms with Crippen molar-refractivity contribution in [3.63, 3.8) is 0 Å². The lowest BCUT2D eigenvalue weighted by atomic mass is 9.98. The Kier molecular flexibility index (Phi) is 7.54. The Morgan fingerprint density at radius 3 is 2.66 bits per heavy atom. The number of hydrogen-bond donors (Lipinski definition) is 0. The van der Waals surface area contributed by atoms with Gasteiger partial charge in [-0.3, -0.25) is 9.69 Å². The Morgan fingerprint density at radius 2 is 1.89 bits per heavy atom. The number of anilines is 2. The number of rotatable bonds is 7. The summed E-state index contributed by atoms with van der Waals surface area (Å²) >= 11 is 0. The third kappa shape index (κ3) is 5.26. The average molecular weight is 524 g/mol. The molecule has 3 saturated heterocycles. The van der Waals surface area contributed by atoms with E-state index >= 15 is 4.39 Å². The Hall–Kier alpha value is -2.68. The largest absolute Gasteiger partial charge is 0.491 e. The van der Waals surface area contributed by atoms with Gasteiger partial charge >= 0.3 is 0 Å². The fourth-order valence-electron chi connectivity index (χ4n) is 6.42. The Bertz CT molecular complexity index is 1150. The second-order valence-corrected chi connectivity index (χ2v) is 11.0. The minimum absolute atomic E-state index is 0.0928. The molecular weight excluding hydrogens is 485 g/mol. The topological polar surface area (TPSA) is 54.5 Å². The molecule has 3 fully saturated rings. The zero-order chi connectivity index (χ0) is 26.1. The second-order valence-electron chi connectivity index (χ2n) is 11.0. The predicted molar refractivity (Wildman–Crippen MR) is 145 cm³/mol. The quantitative estimate of drug-likeness (QED) is 0.540. The van der Waals surface area contributed by atoms with Crippen molar-refractivity contribution in [1.82, 2.24) is 4.90 Å². The van der Waals surface area contributed by atoms with Crippen LogP contribution in [0.4, 0.5) is 15.8 Å². The molecule has 2 atom stereocenters. The van der Waals surface area contributed by atoms with E-state index in [1.165, 1.54) is 6.07 Å². The van der Waals surface area contributed by atoms with Crippen LogP contribution in [0, 0.1) is 5.82 Å². The van der Waals surface area contributed by atoms with Crippen molar-refractivity contribution in [2.24, 2.45) is 0 Å². The molecule has 4 aliphatic heterocycles. The van der Waals surface area contributed by atoms with Crippen LogP contribution in [0.3, 0.4) is 0 Å². The van der Waals surface area contributed by atoms with Gasteiger partial charge in [0.05, 0.1) is 17.9 Å². The summed E-state index contributed by atoms with van der Waals surface area (Å²) in [5.74, 6) is 0.408. The second kappa shape index (κ2) is 11.2. The highest BCUT2D eigenvalue weighted by Gasteiger charge is 2.32. The molecule has 2 aromatic rings. The average Bonchev–Trinajstić information content (AvgIpc) is 3.65. The molecule has 0 aromatic heterocycles. The number of carbonyl (C=O) groups is 1. The fraction of sp³-hybridized carbons (Fsp3) is 0.567. The smallest absolute Gasteiger partial charge is 0.258 e. The Balaban J connectivity index is 1.09. The molecule has 4 aliphatic rings. The highest BCUT2D eigenvalue weighted by atomic mass is 19.1. The van der Waals surface area contributed by atoms with Crippen LogP contribution < -0.4 is 14.5 Å². The number of carbonyl (C=O) groups excluding carboxylic acids is 1. The summed E-state index contributed by atoms with van der Waals surface area (Å²) in [5.41, 5.74) is 2.87. The maximum Gasteiger partial charge on any atom is 0.258 e. The van der Waals surface area contributed by atoms with E-state index in [2.05, 4.69) is 9.80 Å². The van der Waals surface area contributed by atoms with Gasteiger partial charge in [0.2, 0.25) is 0 Å². The first kappa shape index (κ1) is 25.6. The van der Waals surface area contributed by atoms with Crippen LogP contribution in [-0.4, -0.2) is 82.1 Å². The third-order valence-electron chi connectivity index (χ3n) is 8.69. The number of methoxy groups -OCH3 is 1. The first-order valence-electron chi connectivity index (χ1n) is 14.1. The van der Waals surface area contributed by atoms with E-state index in [0.29, 0.717) is 48.7 Å². The molecular formula is C30H38FN3O4. The van der Waals surface area contributed by atoms with Gasteiger partial charge in [0, 0.05) is 63.7 Å². The molecule has 1 unspecified atom stereocenters. The van der Waals surface area contributed by atoms with Gasteiger partial charge in [-0.25, -0.2) is 4.39 Å².